The maximum absolute atomic E-state index is 12.6. The van der Waals surface area contributed by atoms with E-state index in [0.717, 1.165) is 12.1 Å². The second-order valence-electron chi connectivity index (χ2n) is 4.35. The summed E-state index contributed by atoms with van der Waals surface area (Å²) in [6, 6.07) is 11.1. The normalized spacial score (nSPS) is 11.8. The van der Waals surface area contributed by atoms with Gasteiger partial charge in [0.25, 0.3) is 0 Å². The lowest BCUT2D eigenvalue weighted by molar-refractivity contribution is -0.137. The molecule has 0 bridgehead atoms. The number of benzene rings is 2. The summed E-state index contributed by atoms with van der Waals surface area (Å²) in [6.45, 7) is 0. The van der Waals surface area contributed by atoms with Gasteiger partial charge in [0.2, 0.25) is 0 Å². The van der Waals surface area contributed by atoms with Crippen LogP contribution in [0.25, 0.3) is 12.2 Å². The predicted octanol–water partition coefficient (Wildman–Crippen LogP) is 4.57. The van der Waals surface area contributed by atoms with Crippen molar-refractivity contribution in [3.63, 3.8) is 0 Å². The van der Waals surface area contributed by atoms with Crippen LogP contribution in [-0.4, -0.2) is 11.1 Å². The Morgan fingerprint density at radius 1 is 1.00 bits per heavy atom. The summed E-state index contributed by atoms with van der Waals surface area (Å²) in [4.78, 5) is 11.0. The van der Waals surface area contributed by atoms with Crippen LogP contribution in [0.2, 0.25) is 0 Å². The van der Waals surface area contributed by atoms with Gasteiger partial charge in [0, 0.05) is 0 Å². The minimum atomic E-state index is -4.40. The molecule has 0 aromatic heterocycles. The second-order valence-corrected chi connectivity index (χ2v) is 4.35. The second kappa shape index (κ2) is 5.83. The number of aromatic carboxylic acids is 1. The highest BCUT2D eigenvalue weighted by atomic mass is 19.4. The Hall–Kier alpha value is -2.56. The molecule has 0 atom stereocenters. The van der Waals surface area contributed by atoms with Gasteiger partial charge in [0.15, 0.2) is 0 Å². The fourth-order valence-electron chi connectivity index (χ4n) is 1.84. The lowest BCUT2D eigenvalue weighted by Gasteiger charge is -2.06. The highest BCUT2D eigenvalue weighted by Crippen LogP contribution is 2.29. The molecular formula is C16H11F3O2. The molecule has 108 valence electrons. The van der Waals surface area contributed by atoms with Gasteiger partial charge >= 0.3 is 12.1 Å². The molecule has 0 aliphatic heterocycles. The molecule has 0 saturated carbocycles. The average molecular weight is 292 g/mol. The number of carbonyl (C=O) groups is 1. The highest BCUT2D eigenvalue weighted by Gasteiger charge is 2.30. The molecule has 0 heterocycles. The number of carboxylic acid groups (broad SMARTS) is 1. The molecule has 5 heteroatoms. The molecule has 2 rings (SSSR count). The first-order chi connectivity index (χ1) is 9.88. The van der Waals surface area contributed by atoms with Crippen LogP contribution in [0, 0.1) is 0 Å². The fourth-order valence-corrected chi connectivity index (χ4v) is 1.84. The van der Waals surface area contributed by atoms with E-state index in [1.165, 1.54) is 30.4 Å². The first-order valence-corrected chi connectivity index (χ1v) is 6.05. The van der Waals surface area contributed by atoms with Crippen molar-refractivity contribution in [2.45, 2.75) is 6.18 Å². The van der Waals surface area contributed by atoms with Crippen LogP contribution in [0.15, 0.2) is 48.5 Å². The molecule has 2 aromatic carbocycles. The van der Waals surface area contributed by atoms with Gasteiger partial charge < -0.3 is 5.11 Å². The van der Waals surface area contributed by atoms with Gasteiger partial charge in [-0.25, -0.2) is 4.79 Å². The van der Waals surface area contributed by atoms with Gasteiger partial charge in [0.05, 0.1) is 11.1 Å². The molecule has 0 aliphatic rings. The van der Waals surface area contributed by atoms with Crippen LogP contribution in [0.5, 0.6) is 0 Å². The van der Waals surface area contributed by atoms with Crippen molar-refractivity contribution >= 4 is 18.1 Å². The molecule has 0 spiro atoms. The molecule has 0 saturated heterocycles. The van der Waals surface area contributed by atoms with Crippen molar-refractivity contribution in [2.24, 2.45) is 0 Å². The van der Waals surface area contributed by atoms with E-state index in [9.17, 15) is 18.0 Å². The largest absolute Gasteiger partial charge is 0.478 e. The Labute approximate surface area is 119 Å². The monoisotopic (exact) mass is 292 g/mol. The Kier molecular flexibility index (Phi) is 4.12. The molecule has 0 aliphatic carbocycles. The zero-order chi connectivity index (χ0) is 15.5. The summed E-state index contributed by atoms with van der Waals surface area (Å²) in [5, 5.41) is 9.03. The van der Waals surface area contributed by atoms with Gasteiger partial charge in [-0.2, -0.15) is 13.2 Å². The fraction of sp³-hybridized carbons (Fsp3) is 0.0625. The third kappa shape index (κ3) is 3.72. The third-order valence-electron chi connectivity index (χ3n) is 2.86. The standard InChI is InChI=1S/C16H11F3O2/c17-16(18,19)13-6-3-4-11(10-13)8-9-12-5-1-2-7-14(12)15(20)21/h1-10H,(H,20,21)/b9-8+. The molecule has 2 aromatic rings. The molecule has 0 amide bonds. The third-order valence-corrected chi connectivity index (χ3v) is 2.86. The first-order valence-electron chi connectivity index (χ1n) is 6.05. The Bertz CT molecular complexity index is 688. The quantitative estimate of drug-likeness (QED) is 0.841. The average Bonchev–Trinajstić information content (AvgIpc) is 2.45. The maximum atomic E-state index is 12.6. The van der Waals surface area contributed by atoms with Crippen molar-refractivity contribution in [1.82, 2.24) is 0 Å². The Morgan fingerprint density at radius 2 is 1.71 bits per heavy atom. The van der Waals surface area contributed by atoms with E-state index < -0.39 is 17.7 Å². The number of carboxylic acids is 1. The lowest BCUT2D eigenvalue weighted by Crippen LogP contribution is -2.04. The van der Waals surface area contributed by atoms with E-state index in [0.29, 0.717) is 11.1 Å². The topological polar surface area (TPSA) is 37.3 Å². The van der Waals surface area contributed by atoms with Crippen LogP contribution >= 0.6 is 0 Å². The number of alkyl halides is 3. The van der Waals surface area contributed by atoms with Crippen LogP contribution in [0.4, 0.5) is 13.2 Å². The van der Waals surface area contributed by atoms with E-state index in [2.05, 4.69) is 0 Å². The summed E-state index contributed by atoms with van der Waals surface area (Å²) in [5.41, 5.74) is 0.143. The zero-order valence-electron chi connectivity index (χ0n) is 10.8. The number of hydrogen-bond donors (Lipinski definition) is 1. The summed E-state index contributed by atoms with van der Waals surface area (Å²) in [7, 11) is 0. The number of rotatable bonds is 3. The molecular weight excluding hydrogens is 281 g/mol. The minimum absolute atomic E-state index is 0.0979. The number of halogens is 3. The van der Waals surface area contributed by atoms with Gasteiger partial charge in [-0.1, -0.05) is 42.5 Å². The first kappa shape index (κ1) is 14.8. The SMILES string of the molecule is O=C(O)c1ccccc1/C=C/c1cccc(C(F)(F)F)c1. The molecule has 0 radical (unpaired) electrons. The smallest absolute Gasteiger partial charge is 0.416 e. The van der Waals surface area contributed by atoms with E-state index in [1.807, 2.05) is 0 Å². The van der Waals surface area contributed by atoms with Gasteiger partial charge in [0.1, 0.15) is 0 Å². The summed E-state index contributed by atoms with van der Waals surface area (Å²) in [5.74, 6) is -1.08. The summed E-state index contributed by atoms with van der Waals surface area (Å²) in [6.07, 6.45) is -1.46. The van der Waals surface area contributed by atoms with Gasteiger partial charge in [-0.3, -0.25) is 0 Å². The molecule has 0 unspecified atom stereocenters. The van der Waals surface area contributed by atoms with Gasteiger partial charge in [-0.05, 0) is 29.3 Å². The van der Waals surface area contributed by atoms with Gasteiger partial charge in [-0.15, -0.1) is 0 Å². The van der Waals surface area contributed by atoms with E-state index in [1.54, 1.807) is 18.2 Å². The molecule has 0 fully saturated rings. The summed E-state index contributed by atoms with van der Waals surface area (Å²) < 4.78 is 37.8. The van der Waals surface area contributed by atoms with Crippen molar-refractivity contribution in [1.29, 1.82) is 0 Å². The van der Waals surface area contributed by atoms with Crippen molar-refractivity contribution < 1.29 is 23.1 Å². The van der Waals surface area contributed by atoms with Crippen LogP contribution in [-0.2, 0) is 6.18 Å². The van der Waals surface area contributed by atoms with E-state index in [4.69, 9.17) is 5.11 Å². The lowest BCUT2D eigenvalue weighted by atomic mass is 10.0. The Morgan fingerprint density at radius 3 is 2.38 bits per heavy atom. The van der Waals surface area contributed by atoms with E-state index >= 15 is 0 Å². The van der Waals surface area contributed by atoms with Crippen molar-refractivity contribution in [2.75, 3.05) is 0 Å². The van der Waals surface area contributed by atoms with Crippen LogP contribution in [0.3, 0.4) is 0 Å². The van der Waals surface area contributed by atoms with Crippen molar-refractivity contribution in [3.05, 3.63) is 70.8 Å². The highest BCUT2D eigenvalue weighted by molar-refractivity contribution is 5.93. The number of hydrogen-bond acceptors (Lipinski definition) is 1. The molecule has 2 nitrogen and oxygen atoms in total. The predicted molar refractivity (Wildman–Crippen MR) is 73.8 cm³/mol. The minimum Gasteiger partial charge on any atom is -0.478 e. The maximum Gasteiger partial charge on any atom is 0.416 e. The van der Waals surface area contributed by atoms with Crippen LogP contribution in [0.1, 0.15) is 27.0 Å². The van der Waals surface area contributed by atoms with Crippen molar-refractivity contribution in [3.8, 4) is 0 Å². The molecule has 1 N–H and O–H groups in total. The summed E-state index contributed by atoms with van der Waals surface area (Å²) >= 11 is 0. The molecule has 21 heavy (non-hydrogen) atoms. The van der Waals surface area contributed by atoms with E-state index in [-0.39, 0.29) is 5.56 Å². The Balaban J connectivity index is 2.33. The zero-order valence-corrected chi connectivity index (χ0v) is 10.8. The van der Waals surface area contributed by atoms with Crippen LogP contribution < -0.4 is 0 Å².